The van der Waals surface area contributed by atoms with Gasteiger partial charge >= 0.3 is 6.09 Å². The lowest BCUT2D eigenvalue weighted by atomic mass is 10.2. The van der Waals surface area contributed by atoms with Gasteiger partial charge in [0.05, 0.1) is 5.69 Å². The Bertz CT molecular complexity index is 587. The lowest BCUT2D eigenvalue weighted by Gasteiger charge is -2.22. The molecule has 1 aromatic carbocycles. The average Bonchev–Trinajstić information content (AvgIpc) is 2.80. The fraction of sp³-hybridized carbons (Fsp3) is 0.562. The number of ether oxygens (including phenoxy) is 1. The molecule has 128 valence electrons. The molecule has 0 aliphatic heterocycles. The van der Waals surface area contributed by atoms with Crippen LogP contribution in [-0.2, 0) is 4.74 Å². The van der Waals surface area contributed by atoms with Crippen molar-refractivity contribution in [3.05, 3.63) is 29.6 Å². The average molecular weight is 330 g/mol. The number of nitrogens with one attached hydrogen (secondary N) is 2. The van der Waals surface area contributed by atoms with Gasteiger partial charge in [-0.2, -0.15) is 0 Å². The highest BCUT2D eigenvalue weighted by Gasteiger charge is 2.28. The van der Waals surface area contributed by atoms with Crippen LogP contribution in [0.15, 0.2) is 12.1 Å². The van der Waals surface area contributed by atoms with Gasteiger partial charge in [0.2, 0.25) is 0 Å². The zero-order chi connectivity index (χ0) is 17.2. The minimum Gasteiger partial charge on any atom is -0.444 e. The van der Waals surface area contributed by atoms with E-state index in [9.17, 15) is 18.0 Å². The number of rotatable bonds is 3. The summed E-state index contributed by atoms with van der Waals surface area (Å²) in [5, 5.41) is 5.54. The smallest absolute Gasteiger partial charge is 0.407 e. The van der Waals surface area contributed by atoms with E-state index < -0.39 is 29.1 Å². The summed E-state index contributed by atoms with van der Waals surface area (Å²) in [5.41, 5.74) is -0.784. The van der Waals surface area contributed by atoms with E-state index in [1.807, 2.05) is 0 Å². The van der Waals surface area contributed by atoms with Crippen molar-refractivity contribution in [2.75, 3.05) is 5.32 Å². The minimum absolute atomic E-state index is 0.121. The first-order chi connectivity index (χ1) is 10.6. The Hall–Kier alpha value is -1.92. The number of hydrogen-bond acceptors (Lipinski definition) is 3. The van der Waals surface area contributed by atoms with Gasteiger partial charge in [-0.3, -0.25) is 0 Å². The summed E-state index contributed by atoms with van der Waals surface area (Å²) in [5.74, 6) is -3.17. The molecule has 1 aliphatic rings. The Labute approximate surface area is 133 Å². The fourth-order valence-corrected chi connectivity index (χ4v) is 2.60. The van der Waals surface area contributed by atoms with E-state index in [1.54, 1.807) is 20.8 Å². The molecule has 0 bridgehead atoms. The molecule has 2 N–H and O–H groups in total. The quantitative estimate of drug-likeness (QED) is 0.825. The third-order valence-electron chi connectivity index (χ3n) is 3.51. The van der Waals surface area contributed by atoms with Crippen molar-refractivity contribution < 1.29 is 22.7 Å². The second-order valence-corrected chi connectivity index (χ2v) is 6.75. The van der Waals surface area contributed by atoms with Gasteiger partial charge in [0.1, 0.15) is 11.4 Å². The van der Waals surface area contributed by atoms with Crippen molar-refractivity contribution in [2.24, 2.45) is 0 Å². The summed E-state index contributed by atoms with van der Waals surface area (Å²) in [6.45, 7) is 5.31. The maximum absolute atomic E-state index is 13.6. The molecule has 1 fully saturated rings. The highest BCUT2D eigenvalue weighted by molar-refractivity contribution is 5.68. The van der Waals surface area contributed by atoms with Crippen molar-refractivity contribution in [2.45, 2.75) is 57.7 Å². The highest BCUT2D eigenvalue weighted by Crippen LogP contribution is 2.26. The maximum atomic E-state index is 13.6. The Morgan fingerprint density at radius 1 is 1.17 bits per heavy atom. The largest absolute Gasteiger partial charge is 0.444 e. The van der Waals surface area contributed by atoms with E-state index in [4.69, 9.17) is 4.74 Å². The minimum atomic E-state index is -1.23. The predicted octanol–water partition coefficient (Wildman–Crippen LogP) is 3.96. The van der Waals surface area contributed by atoms with Gasteiger partial charge in [0.15, 0.2) is 11.6 Å². The molecule has 0 saturated heterocycles. The van der Waals surface area contributed by atoms with Gasteiger partial charge in [-0.25, -0.2) is 18.0 Å². The molecule has 1 aliphatic carbocycles. The monoisotopic (exact) mass is 330 g/mol. The van der Waals surface area contributed by atoms with Crippen LogP contribution in [0.2, 0.25) is 0 Å². The van der Waals surface area contributed by atoms with Gasteiger partial charge < -0.3 is 15.4 Å². The van der Waals surface area contributed by atoms with Crippen LogP contribution in [0.3, 0.4) is 0 Å². The molecule has 1 amide bonds. The van der Waals surface area contributed by atoms with E-state index in [0.29, 0.717) is 25.3 Å². The Kier molecular flexibility index (Phi) is 5.06. The summed E-state index contributed by atoms with van der Waals surface area (Å²) >= 11 is 0. The number of halogens is 3. The summed E-state index contributed by atoms with van der Waals surface area (Å²) in [6.07, 6.45) is 1.34. The van der Waals surface area contributed by atoms with Crippen molar-refractivity contribution in [3.8, 4) is 0 Å². The highest BCUT2D eigenvalue weighted by atomic mass is 19.2. The molecular weight excluding hydrogens is 309 g/mol. The van der Waals surface area contributed by atoms with Crippen molar-refractivity contribution in [1.29, 1.82) is 0 Å². The second kappa shape index (κ2) is 6.68. The predicted molar refractivity (Wildman–Crippen MR) is 80.7 cm³/mol. The molecular formula is C16H21F3N2O2. The summed E-state index contributed by atoms with van der Waals surface area (Å²) in [4.78, 5) is 11.7. The first kappa shape index (κ1) is 17.4. The van der Waals surface area contributed by atoms with Crippen molar-refractivity contribution in [1.82, 2.24) is 5.32 Å². The number of alkyl carbamates (subject to hydrolysis) is 1. The summed E-state index contributed by atoms with van der Waals surface area (Å²) < 4.78 is 45.2. The topological polar surface area (TPSA) is 50.4 Å². The van der Waals surface area contributed by atoms with Crippen LogP contribution in [0, 0.1) is 17.5 Å². The Morgan fingerprint density at radius 3 is 2.48 bits per heavy atom. The van der Waals surface area contributed by atoms with Crippen LogP contribution in [0.1, 0.15) is 40.0 Å². The molecule has 0 aromatic heterocycles. The van der Waals surface area contributed by atoms with Crippen LogP contribution in [0.4, 0.5) is 23.7 Å². The Balaban J connectivity index is 1.90. The molecule has 0 radical (unpaired) electrons. The molecule has 2 unspecified atom stereocenters. The lowest BCUT2D eigenvalue weighted by molar-refractivity contribution is 0.0505. The van der Waals surface area contributed by atoms with E-state index in [2.05, 4.69) is 10.6 Å². The standard InChI is InChI=1S/C16H21F3N2O2/c1-16(2,3)23-15(22)21-11-5-4-10(8-11)20-13-7-9(17)6-12(18)14(13)19/h6-7,10-11,20H,4-5,8H2,1-3H3,(H,21,22). The zero-order valence-electron chi connectivity index (χ0n) is 13.4. The van der Waals surface area contributed by atoms with Gasteiger partial charge in [0.25, 0.3) is 0 Å². The zero-order valence-corrected chi connectivity index (χ0v) is 13.4. The molecule has 0 heterocycles. The van der Waals surface area contributed by atoms with Crippen LogP contribution in [-0.4, -0.2) is 23.8 Å². The normalized spacial score (nSPS) is 21.1. The van der Waals surface area contributed by atoms with Gasteiger partial charge in [-0.1, -0.05) is 0 Å². The molecule has 2 atom stereocenters. The number of anilines is 1. The van der Waals surface area contributed by atoms with Crippen LogP contribution in [0.5, 0.6) is 0 Å². The lowest BCUT2D eigenvalue weighted by Crippen LogP contribution is -2.38. The van der Waals surface area contributed by atoms with E-state index in [1.165, 1.54) is 0 Å². The van der Waals surface area contributed by atoms with Gasteiger partial charge in [-0.05, 0) is 40.0 Å². The fourth-order valence-electron chi connectivity index (χ4n) is 2.60. The van der Waals surface area contributed by atoms with Crippen molar-refractivity contribution >= 4 is 11.8 Å². The third-order valence-corrected chi connectivity index (χ3v) is 3.51. The Morgan fingerprint density at radius 2 is 1.83 bits per heavy atom. The second-order valence-electron chi connectivity index (χ2n) is 6.75. The first-order valence-electron chi connectivity index (χ1n) is 7.54. The van der Waals surface area contributed by atoms with E-state index >= 15 is 0 Å². The summed E-state index contributed by atoms with van der Waals surface area (Å²) in [6, 6.07) is 1.13. The molecule has 0 spiro atoms. The van der Waals surface area contributed by atoms with Crippen molar-refractivity contribution in [3.63, 3.8) is 0 Å². The molecule has 7 heteroatoms. The third kappa shape index (κ3) is 5.04. The number of amides is 1. The molecule has 4 nitrogen and oxygen atoms in total. The van der Waals surface area contributed by atoms with E-state index in [-0.39, 0.29) is 17.8 Å². The molecule has 2 rings (SSSR count). The summed E-state index contributed by atoms with van der Waals surface area (Å²) in [7, 11) is 0. The van der Waals surface area contributed by atoms with Gasteiger partial charge in [0, 0.05) is 24.2 Å². The van der Waals surface area contributed by atoms with Crippen LogP contribution in [0.25, 0.3) is 0 Å². The maximum Gasteiger partial charge on any atom is 0.407 e. The van der Waals surface area contributed by atoms with Crippen LogP contribution < -0.4 is 10.6 Å². The number of benzene rings is 1. The number of carbonyl (C=O) groups is 1. The molecule has 1 saturated carbocycles. The first-order valence-corrected chi connectivity index (χ1v) is 7.54. The molecule has 23 heavy (non-hydrogen) atoms. The SMILES string of the molecule is CC(C)(C)OC(=O)NC1CCC(Nc2cc(F)cc(F)c2F)C1. The van der Waals surface area contributed by atoms with Gasteiger partial charge in [-0.15, -0.1) is 0 Å². The number of hydrogen-bond donors (Lipinski definition) is 2. The number of carbonyl (C=O) groups excluding carboxylic acids is 1. The van der Waals surface area contributed by atoms with E-state index in [0.717, 1.165) is 6.07 Å². The van der Waals surface area contributed by atoms with Crippen LogP contribution >= 0.6 is 0 Å². The molecule has 1 aromatic rings.